The predicted octanol–water partition coefficient (Wildman–Crippen LogP) is 1.16. The minimum Gasteiger partial charge on any atom is -0.375 e. The van der Waals surface area contributed by atoms with E-state index >= 15 is 0 Å². The van der Waals surface area contributed by atoms with Crippen LogP contribution in [0.5, 0.6) is 0 Å². The molecular formula is C20H23FN4O4. The zero-order valence-corrected chi connectivity index (χ0v) is 16.4. The number of carbonyl (C=O) groups excluding carboxylic acids is 2. The number of amides is 2. The molecule has 0 N–H and O–H groups in total. The van der Waals surface area contributed by atoms with Crippen LogP contribution in [-0.2, 0) is 20.7 Å². The van der Waals surface area contributed by atoms with E-state index in [-0.39, 0.29) is 42.0 Å². The van der Waals surface area contributed by atoms with E-state index in [0.29, 0.717) is 43.5 Å². The Bertz CT molecular complexity index is 925. The molecule has 2 aromatic rings. The number of carbonyl (C=O) groups is 2. The van der Waals surface area contributed by atoms with Gasteiger partial charge >= 0.3 is 0 Å². The molecule has 0 saturated carbocycles. The monoisotopic (exact) mass is 402 g/mol. The van der Waals surface area contributed by atoms with Gasteiger partial charge in [-0.1, -0.05) is 23.4 Å². The van der Waals surface area contributed by atoms with Crippen LogP contribution in [0.3, 0.4) is 0 Å². The highest BCUT2D eigenvalue weighted by Gasteiger charge is 2.58. The lowest BCUT2D eigenvalue weighted by molar-refractivity contribution is -0.144. The van der Waals surface area contributed by atoms with Crippen molar-refractivity contribution in [2.75, 3.05) is 39.9 Å². The molecule has 1 aromatic heterocycles. The lowest BCUT2D eigenvalue weighted by atomic mass is 9.71. The summed E-state index contributed by atoms with van der Waals surface area (Å²) in [7, 11) is 1.48. The van der Waals surface area contributed by atoms with Crippen molar-refractivity contribution in [1.82, 2.24) is 19.9 Å². The molecule has 1 atom stereocenters. The standard InChI is InChI=1S/C20H23FN4O4/c1-13-22-19(29-23-13)15-8-24(18(27)9-28-2)10-20(15)11-25(12-20)17(26)7-14-5-3-4-6-16(14)21/h3-6,15H,7-12H2,1-2H3. The third-order valence-corrected chi connectivity index (χ3v) is 5.77. The predicted molar refractivity (Wildman–Crippen MR) is 99.3 cm³/mol. The summed E-state index contributed by atoms with van der Waals surface area (Å²) >= 11 is 0. The Morgan fingerprint density at radius 2 is 1.97 bits per heavy atom. The van der Waals surface area contributed by atoms with E-state index in [4.69, 9.17) is 9.26 Å². The molecule has 29 heavy (non-hydrogen) atoms. The number of ether oxygens (including phenoxy) is 1. The number of nitrogens with zero attached hydrogens (tertiary/aromatic N) is 4. The Balaban J connectivity index is 1.49. The van der Waals surface area contributed by atoms with E-state index in [1.54, 1.807) is 34.9 Å². The lowest BCUT2D eigenvalue weighted by Crippen LogP contribution is -2.62. The van der Waals surface area contributed by atoms with Gasteiger partial charge in [0.2, 0.25) is 17.7 Å². The Morgan fingerprint density at radius 1 is 1.24 bits per heavy atom. The molecule has 2 saturated heterocycles. The fraction of sp³-hybridized carbons (Fsp3) is 0.500. The largest absolute Gasteiger partial charge is 0.375 e. The number of rotatable bonds is 5. The van der Waals surface area contributed by atoms with E-state index in [2.05, 4.69) is 10.1 Å². The maximum atomic E-state index is 13.9. The van der Waals surface area contributed by atoms with Crippen molar-refractivity contribution in [3.63, 3.8) is 0 Å². The number of benzene rings is 1. The first-order valence-electron chi connectivity index (χ1n) is 9.50. The van der Waals surface area contributed by atoms with Crippen LogP contribution in [0.2, 0.25) is 0 Å². The summed E-state index contributed by atoms with van der Waals surface area (Å²) in [4.78, 5) is 32.8. The van der Waals surface area contributed by atoms with Crippen LogP contribution in [0.1, 0.15) is 23.2 Å². The summed E-state index contributed by atoms with van der Waals surface area (Å²) in [5.41, 5.74) is 0.0404. The van der Waals surface area contributed by atoms with Crippen molar-refractivity contribution in [1.29, 1.82) is 0 Å². The molecule has 3 heterocycles. The van der Waals surface area contributed by atoms with E-state index in [1.165, 1.54) is 13.2 Å². The number of likely N-dealkylation sites (tertiary alicyclic amines) is 2. The third-order valence-electron chi connectivity index (χ3n) is 5.77. The zero-order chi connectivity index (χ0) is 20.6. The molecule has 154 valence electrons. The van der Waals surface area contributed by atoms with Gasteiger partial charge in [-0.2, -0.15) is 4.98 Å². The average Bonchev–Trinajstić information content (AvgIpc) is 3.26. The van der Waals surface area contributed by atoms with Crippen LogP contribution in [-0.4, -0.2) is 71.7 Å². The molecule has 2 amide bonds. The number of hydrogen-bond acceptors (Lipinski definition) is 6. The van der Waals surface area contributed by atoms with Gasteiger partial charge in [0.25, 0.3) is 0 Å². The maximum absolute atomic E-state index is 13.9. The smallest absolute Gasteiger partial charge is 0.248 e. The van der Waals surface area contributed by atoms with Crippen LogP contribution in [0.4, 0.5) is 4.39 Å². The van der Waals surface area contributed by atoms with Gasteiger partial charge in [-0.3, -0.25) is 9.59 Å². The second-order valence-corrected chi connectivity index (χ2v) is 7.82. The first-order valence-corrected chi connectivity index (χ1v) is 9.50. The minimum absolute atomic E-state index is 0.00158. The van der Waals surface area contributed by atoms with Gasteiger partial charge in [-0.25, -0.2) is 4.39 Å². The Kier molecular flexibility index (Phi) is 5.08. The molecular weight excluding hydrogens is 379 g/mol. The van der Waals surface area contributed by atoms with Crippen molar-refractivity contribution in [2.45, 2.75) is 19.3 Å². The van der Waals surface area contributed by atoms with E-state index in [0.717, 1.165) is 0 Å². The molecule has 2 fully saturated rings. The van der Waals surface area contributed by atoms with Crippen molar-refractivity contribution >= 4 is 11.8 Å². The Hall–Kier alpha value is -2.81. The molecule has 8 nitrogen and oxygen atoms in total. The highest BCUT2D eigenvalue weighted by molar-refractivity contribution is 5.81. The van der Waals surface area contributed by atoms with Gasteiger partial charge in [0, 0.05) is 38.7 Å². The number of aromatic nitrogens is 2. The van der Waals surface area contributed by atoms with E-state index < -0.39 is 0 Å². The second-order valence-electron chi connectivity index (χ2n) is 7.82. The van der Waals surface area contributed by atoms with Crippen molar-refractivity contribution in [3.8, 4) is 0 Å². The zero-order valence-electron chi connectivity index (χ0n) is 16.4. The van der Waals surface area contributed by atoms with Crippen molar-refractivity contribution < 1.29 is 23.2 Å². The number of halogens is 1. The molecule has 9 heteroatoms. The molecule has 4 rings (SSSR count). The fourth-order valence-corrected chi connectivity index (χ4v) is 4.30. The van der Waals surface area contributed by atoms with Crippen LogP contribution in [0, 0.1) is 18.2 Å². The lowest BCUT2D eigenvalue weighted by Gasteiger charge is -2.50. The third kappa shape index (κ3) is 3.62. The normalized spacial score (nSPS) is 20.2. The van der Waals surface area contributed by atoms with E-state index in [1.807, 2.05) is 0 Å². The molecule has 1 unspecified atom stereocenters. The molecule has 1 aromatic carbocycles. The van der Waals surface area contributed by atoms with Gasteiger partial charge in [-0.05, 0) is 18.6 Å². The van der Waals surface area contributed by atoms with Gasteiger partial charge in [-0.15, -0.1) is 0 Å². The highest BCUT2D eigenvalue weighted by Crippen LogP contribution is 2.48. The quantitative estimate of drug-likeness (QED) is 0.746. The summed E-state index contributed by atoms with van der Waals surface area (Å²) in [5, 5.41) is 3.87. The second kappa shape index (κ2) is 7.55. The Labute approximate surface area is 167 Å². The fourth-order valence-electron chi connectivity index (χ4n) is 4.30. The van der Waals surface area contributed by atoms with Crippen molar-refractivity contribution in [2.24, 2.45) is 5.41 Å². The van der Waals surface area contributed by atoms with Gasteiger partial charge < -0.3 is 19.1 Å². The first-order chi connectivity index (χ1) is 13.9. The summed E-state index contributed by atoms with van der Waals surface area (Å²) in [5.74, 6) is 0.235. The van der Waals surface area contributed by atoms with Crippen LogP contribution in [0.15, 0.2) is 28.8 Å². The average molecular weight is 402 g/mol. The summed E-state index contributed by atoms with van der Waals surface area (Å²) in [6.45, 7) is 3.60. The SMILES string of the molecule is COCC(=O)N1CC(c2nc(C)no2)C2(C1)CN(C(=O)Cc1ccccc1F)C2. The van der Waals surface area contributed by atoms with Crippen LogP contribution >= 0.6 is 0 Å². The topological polar surface area (TPSA) is 88.8 Å². The minimum atomic E-state index is -0.382. The van der Waals surface area contributed by atoms with Gasteiger partial charge in [0.05, 0.1) is 12.3 Å². The molecule has 2 aliphatic heterocycles. The first kappa shape index (κ1) is 19.5. The maximum Gasteiger partial charge on any atom is 0.248 e. The van der Waals surface area contributed by atoms with Gasteiger partial charge in [0.1, 0.15) is 12.4 Å². The molecule has 0 radical (unpaired) electrons. The van der Waals surface area contributed by atoms with Crippen LogP contribution < -0.4 is 0 Å². The molecule has 0 aliphatic carbocycles. The summed E-state index contributed by atoms with van der Waals surface area (Å²) in [6.07, 6.45) is 0.0133. The van der Waals surface area contributed by atoms with Crippen molar-refractivity contribution in [3.05, 3.63) is 47.4 Å². The molecule has 1 spiro atoms. The van der Waals surface area contributed by atoms with E-state index in [9.17, 15) is 14.0 Å². The molecule has 2 aliphatic rings. The number of aryl methyl sites for hydroxylation is 1. The number of hydrogen-bond donors (Lipinski definition) is 0. The van der Waals surface area contributed by atoms with Crippen LogP contribution in [0.25, 0.3) is 0 Å². The molecule has 0 bridgehead atoms. The van der Waals surface area contributed by atoms with Gasteiger partial charge in [0.15, 0.2) is 5.82 Å². The Morgan fingerprint density at radius 3 is 2.62 bits per heavy atom. The summed E-state index contributed by atoms with van der Waals surface area (Å²) in [6, 6.07) is 6.29. The summed E-state index contributed by atoms with van der Waals surface area (Å²) < 4.78 is 24.2. The number of methoxy groups -OCH3 is 1. The highest BCUT2D eigenvalue weighted by atomic mass is 19.1.